The summed E-state index contributed by atoms with van der Waals surface area (Å²) in [5.74, 6) is -0.816. The maximum absolute atomic E-state index is 13.8. The molecule has 3 aromatic carbocycles. The Morgan fingerprint density at radius 1 is 0.861 bits per heavy atom. The zero-order valence-electron chi connectivity index (χ0n) is 21.4. The molecule has 0 saturated heterocycles. The van der Waals surface area contributed by atoms with Crippen LogP contribution in [0.4, 0.5) is 5.69 Å². The highest BCUT2D eigenvalue weighted by molar-refractivity contribution is 7.92. The average molecular weight is 508 g/mol. The van der Waals surface area contributed by atoms with Crippen molar-refractivity contribution in [2.75, 3.05) is 17.9 Å². The molecule has 3 rings (SSSR count). The van der Waals surface area contributed by atoms with Gasteiger partial charge in [-0.2, -0.15) is 0 Å². The molecule has 0 spiro atoms. The van der Waals surface area contributed by atoms with Gasteiger partial charge in [-0.05, 0) is 68.7 Å². The number of carbonyl (C=O) groups is 2. The highest BCUT2D eigenvalue weighted by Crippen LogP contribution is 2.27. The molecule has 1 atom stereocenters. The molecule has 0 saturated carbocycles. The fourth-order valence-corrected chi connectivity index (χ4v) is 5.43. The van der Waals surface area contributed by atoms with Gasteiger partial charge < -0.3 is 10.2 Å². The van der Waals surface area contributed by atoms with Crippen molar-refractivity contribution in [1.82, 2.24) is 10.2 Å². The molecular formula is C28H33N3O4S. The van der Waals surface area contributed by atoms with Gasteiger partial charge in [-0.25, -0.2) is 8.42 Å². The molecule has 8 heteroatoms. The Morgan fingerprint density at radius 3 is 2.00 bits per heavy atom. The number of anilines is 1. The Labute approximate surface area is 213 Å². The predicted octanol–water partition coefficient (Wildman–Crippen LogP) is 3.97. The molecule has 2 amide bonds. The second kappa shape index (κ2) is 11.4. The van der Waals surface area contributed by atoms with Crippen LogP contribution in [0.3, 0.4) is 0 Å². The topological polar surface area (TPSA) is 86.8 Å². The molecule has 1 N–H and O–H groups in total. The molecule has 0 aliphatic heterocycles. The number of aryl methyl sites for hydroxylation is 3. The lowest BCUT2D eigenvalue weighted by Crippen LogP contribution is -2.50. The summed E-state index contributed by atoms with van der Waals surface area (Å²) in [5.41, 5.74) is 3.91. The van der Waals surface area contributed by atoms with Crippen LogP contribution in [0.25, 0.3) is 0 Å². The summed E-state index contributed by atoms with van der Waals surface area (Å²) >= 11 is 0. The van der Waals surface area contributed by atoms with Crippen LogP contribution in [0.1, 0.15) is 29.2 Å². The summed E-state index contributed by atoms with van der Waals surface area (Å²) in [7, 11) is -2.56. The summed E-state index contributed by atoms with van der Waals surface area (Å²) in [5, 5.41) is 2.58. The molecule has 0 radical (unpaired) electrons. The molecule has 0 fully saturated rings. The minimum atomic E-state index is -4.07. The van der Waals surface area contributed by atoms with Gasteiger partial charge in [0.05, 0.1) is 10.6 Å². The Bertz CT molecular complexity index is 1300. The van der Waals surface area contributed by atoms with Crippen LogP contribution in [-0.4, -0.2) is 44.8 Å². The van der Waals surface area contributed by atoms with Crippen molar-refractivity contribution < 1.29 is 18.0 Å². The molecule has 0 aliphatic rings. The lowest BCUT2D eigenvalue weighted by atomic mass is 10.1. The van der Waals surface area contributed by atoms with E-state index >= 15 is 0 Å². The minimum absolute atomic E-state index is 0.0917. The number of hydrogen-bond acceptors (Lipinski definition) is 4. The van der Waals surface area contributed by atoms with Gasteiger partial charge in [0.2, 0.25) is 11.8 Å². The largest absolute Gasteiger partial charge is 0.357 e. The van der Waals surface area contributed by atoms with E-state index in [1.807, 2.05) is 57.2 Å². The van der Waals surface area contributed by atoms with E-state index in [1.54, 1.807) is 43.3 Å². The Hall–Kier alpha value is -3.65. The van der Waals surface area contributed by atoms with Gasteiger partial charge in [0, 0.05) is 13.6 Å². The third-order valence-electron chi connectivity index (χ3n) is 5.99. The SMILES string of the molecule is CNC(=O)[C@H](C)N(Cc1ccccc1)C(=O)CN(c1cc(C)cc(C)c1)S(=O)(=O)c1ccc(C)cc1. The second-order valence-electron chi connectivity index (χ2n) is 8.97. The number of rotatable bonds is 9. The molecule has 7 nitrogen and oxygen atoms in total. The van der Waals surface area contributed by atoms with Crippen LogP contribution in [0.2, 0.25) is 0 Å². The van der Waals surface area contributed by atoms with Crippen LogP contribution in [0.15, 0.2) is 77.7 Å². The number of hydrogen-bond donors (Lipinski definition) is 1. The third-order valence-corrected chi connectivity index (χ3v) is 7.78. The smallest absolute Gasteiger partial charge is 0.264 e. The van der Waals surface area contributed by atoms with E-state index < -0.39 is 28.5 Å². The summed E-state index contributed by atoms with van der Waals surface area (Å²) in [4.78, 5) is 27.7. The van der Waals surface area contributed by atoms with Crippen LogP contribution >= 0.6 is 0 Å². The molecule has 0 bridgehead atoms. The van der Waals surface area contributed by atoms with Crippen molar-refractivity contribution in [3.8, 4) is 0 Å². The maximum atomic E-state index is 13.8. The molecule has 0 heterocycles. The first kappa shape index (κ1) is 26.9. The Morgan fingerprint density at radius 2 is 1.44 bits per heavy atom. The van der Waals surface area contributed by atoms with E-state index in [0.29, 0.717) is 5.69 Å². The zero-order chi connectivity index (χ0) is 26.5. The quantitative estimate of drug-likeness (QED) is 0.475. The summed E-state index contributed by atoms with van der Waals surface area (Å²) < 4.78 is 28.8. The number of benzene rings is 3. The Balaban J connectivity index is 2.06. The van der Waals surface area contributed by atoms with E-state index in [4.69, 9.17) is 0 Å². The van der Waals surface area contributed by atoms with Crippen molar-refractivity contribution in [3.63, 3.8) is 0 Å². The first-order valence-corrected chi connectivity index (χ1v) is 13.2. The average Bonchev–Trinajstić information content (AvgIpc) is 2.85. The Kier molecular flexibility index (Phi) is 8.53. The first-order valence-electron chi connectivity index (χ1n) is 11.8. The normalized spacial score (nSPS) is 12.0. The highest BCUT2D eigenvalue weighted by Gasteiger charge is 2.32. The van der Waals surface area contributed by atoms with Crippen molar-refractivity contribution in [1.29, 1.82) is 0 Å². The number of nitrogens with zero attached hydrogens (tertiary/aromatic N) is 2. The molecular weight excluding hydrogens is 474 g/mol. The van der Waals surface area contributed by atoms with Gasteiger partial charge in [0.25, 0.3) is 10.0 Å². The minimum Gasteiger partial charge on any atom is -0.357 e. The fourth-order valence-electron chi connectivity index (χ4n) is 4.03. The predicted molar refractivity (Wildman–Crippen MR) is 142 cm³/mol. The van der Waals surface area contributed by atoms with Gasteiger partial charge in [0.1, 0.15) is 12.6 Å². The molecule has 0 aromatic heterocycles. The molecule has 3 aromatic rings. The van der Waals surface area contributed by atoms with Crippen molar-refractivity contribution >= 4 is 27.5 Å². The number of sulfonamides is 1. The van der Waals surface area contributed by atoms with Crippen LogP contribution in [-0.2, 0) is 26.2 Å². The number of carbonyl (C=O) groups excluding carboxylic acids is 2. The molecule has 0 aliphatic carbocycles. The van der Waals surface area contributed by atoms with Crippen LogP contribution in [0, 0.1) is 20.8 Å². The van der Waals surface area contributed by atoms with E-state index in [9.17, 15) is 18.0 Å². The number of nitrogens with one attached hydrogen (secondary N) is 1. The lowest BCUT2D eigenvalue weighted by molar-refractivity contribution is -0.139. The van der Waals surface area contributed by atoms with Gasteiger partial charge >= 0.3 is 0 Å². The fraction of sp³-hybridized carbons (Fsp3) is 0.286. The number of amides is 2. The van der Waals surface area contributed by atoms with E-state index in [-0.39, 0.29) is 17.3 Å². The van der Waals surface area contributed by atoms with Gasteiger partial charge in [-0.1, -0.05) is 54.1 Å². The standard InChI is InChI=1S/C28H33N3O4S/c1-20-11-13-26(14-12-20)36(34,35)31(25-16-21(2)15-22(3)17-25)19-27(32)30(23(4)28(33)29-5)18-24-9-7-6-8-10-24/h6-17,23H,18-19H2,1-5H3,(H,29,33)/t23-/m0/s1. The summed E-state index contributed by atoms with van der Waals surface area (Å²) in [6, 6.07) is 20.5. The molecule has 36 heavy (non-hydrogen) atoms. The van der Waals surface area contributed by atoms with E-state index in [1.165, 1.54) is 11.9 Å². The lowest BCUT2D eigenvalue weighted by Gasteiger charge is -2.32. The first-order chi connectivity index (χ1) is 17.0. The van der Waals surface area contributed by atoms with Gasteiger partial charge in [-0.3, -0.25) is 13.9 Å². The summed E-state index contributed by atoms with van der Waals surface area (Å²) in [6.45, 7) is 6.99. The highest BCUT2D eigenvalue weighted by atomic mass is 32.2. The van der Waals surface area contributed by atoms with Crippen LogP contribution < -0.4 is 9.62 Å². The van der Waals surface area contributed by atoms with E-state index in [0.717, 1.165) is 26.6 Å². The molecule has 190 valence electrons. The van der Waals surface area contributed by atoms with Crippen molar-refractivity contribution in [2.24, 2.45) is 0 Å². The van der Waals surface area contributed by atoms with Gasteiger partial charge in [-0.15, -0.1) is 0 Å². The maximum Gasteiger partial charge on any atom is 0.264 e. The number of likely N-dealkylation sites (N-methyl/N-ethyl adjacent to an activating group) is 1. The summed E-state index contributed by atoms with van der Waals surface area (Å²) in [6.07, 6.45) is 0. The van der Waals surface area contributed by atoms with Crippen molar-refractivity contribution in [3.05, 3.63) is 95.1 Å². The van der Waals surface area contributed by atoms with Crippen molar-refractivity contribution in [2.45, 2.75) is 45.2 Å². The second-order valence-corrected chi connectivity index (χ2v) is 10.8. The third kappa shape index (κ3) is 6.31. The van der Waals surface area contributed by atoms with Gasteiger partial charge in [0.15, 0.2) is 0 Å². The monoisotopic (exact) mass is 507 g/mol. The molecule has 0 unspecified atom stereocenters. The van der Waals surface area contributed by atoms with E-state index in [2.05, 4.69) is 5.32 Å². The zero-order valence-corrected chi connectivity index (χ0v) is 22.2. The van der Waals surface area contributed by atoms with Crippen LogP contribution in [0.5, 0.6) is 0 Å².